The largest absolute Gasteiger partial charge is 0.442 e. The summed E-state index contributed by atoms with van der Waals surface area (Å²) in [5.74, 6) is -0.649. The van der Waals surface area contributed by atoms with E-state index >= 15 is 0 Å². The van der Waals surface area contributed by atoms with Gasteiger partial charge in [-0.15, -0.1) is 0 Å². The smallest absolute Gasteiger partial charge is 0.414 e. The van der Waals surface area contributed by atoms with E-state index < -0.39 is 18.0 Å². The molecule has 1 saturated heterocycles. The van der Waals surface area contributed by atoms with Crippen molar-refractivity contribution in [3.63, 3.8) is 0 Å². The highest BCUT2D eigenvalue weighted by molar-refractivity contribution is 5.90. The van der Waals surface area contributed by atoms with Gasteiger partial charge in [0.25, 0.3) is 0 Å². The maximum atomic E-state index is 14.7. The normalized spacial score (nSPS) is 15.8. The van der Waals surface area contributed by atoms with Gasteiger partial charge >= 0.3 is 6.09 Å². The Balaban J connectivity index is 1.73. The monoisotopic (exact) mass is 381 g/mol. The molecule has 1 unspecified atom stereocenters. The summed E-state index contributed by atoms with van der Waals surface area (Å²) in [4.78, 5) is 24.4. The molecular weight excluding hydrogens is 361 g/mol. The van der Waals surface area contributed by atoms with Crippen LogP contribution in [0.15, 0.2) is 42.5 Å². The van der Waals surface area contributed by atoms with Crippen LogP contribution < -0.4 is 10.2 Å². The molecule has 2 amide bonds. The molecule has 1 aliphatic rings. The molecule has 2 aromatic carbocycles. The van der Waals surface area contributed by atoms with Crippen molar-refractivity contribution in [3.8, 4) is 17.2 Å². The highest BCUT2D eigenvalue weighted by Crippen LogP contribution is 2.29. The van der Waals surface area contributed by atoms with Gasteiger partial charge in [0.1, 0.15) is 11.9 Å². The molecule has 3 rings (SSSR count). The lowest BCUT2D eigenvalue weighted by Gasteiger charge is -2.14. The number of rotatable bonds is 6. The summed E-state index contributed by atoms with van der Waals surface area (Å²) in [5.41, 5.74) is 2.57. The fourth-order valence-corrected chi connectivity index (χ4v) is 3.05. The Morgan fingerprint density at radius 3 is 2.71 bits per heavy atom. The number of anilines is 1. The van der Waals surface area contributed by atoms with Crippen molar-refractivity contribution >= 4 is 17.7 Å². The first-order valence-electron chi connectivity index (χ1n) is 8.96. The van der Waals surface area contributed by atoms with E-state index in [0.717, 1.165) is 11.1 Å². The predicted octanol–water partition coefficient (Wildman–Crippen LogP) is 3.41. The van der Waals surface area contributed by atoms with E-state index in [9.17, 15) is 14.0 Å². The lowest BCUT2D eigenvalue weighted by molar-refractivity contribution is -0.119. The van der Waals surface area contributed by atoms with E-state index in [-0.39, 0.29) is 19.0 Å². The van der Waals surface area contributed by atoms with E-state index in [1.807, 2.05) is 24.3 Å². The molecule has 1 aliphatic heterocycles. The third kappa shape index (κ3) is 4.46. The van der Waals surface area contributed by atoms with E-state index in [0.29, 0.717) is 24.1 Å². The maximum Gasteiger partial charge on any atom is 0.414 e. The lowest BCUT2D eigenvalue weighted by atomic mass is 10.0. The highest BCUT2D eigenvalue weighted by Gasteiger charge is 2.32. The second-order valence-electron chi connectivity index (χ2n) is 6.57. The molecule has 1 fully saturated rings. The van der Waals surface area contributed by atoms with Crippen molar-refractivity contribution in [1.29, 1.82) is 5.26 Å². The number of benzene rings is 2. The summed E-state index contributed by atoms with van der Waals surface area (Å²) in [6.07, 6.45) is 0.0658. The average molecular weight is 381 g/mol. The number of hydrogen-bond acceptors (Lipinski definition) is 4. The van der Waals surface area contributed by atoms with Crippen molar-refractivity contribution in [3.05, 3.63) is 53.8 Å². The first kappa shape index (κ1) is 19.4. The van der Waals surface area contributed by atoms with Crippen LogP contribution in [0, 0.1) is 17.1 Å². The second-order valence-corrected chi connectivity index (χ2v) is 6.57. The zero-order chi connectivity index (χ0) is 20.1. The van der Waals surface area contributed by atoms with E-state index in [1.165, 1.54) is 17.9 Å². The molecule has 0 aliphatic carbocycles. The molecule has 6 nitrogen and oxygen atoms in total. The number of carbonyl (C=O) groups is 2. The van der Waals surface area contributed by atoms with Gasteiger partial charge < -0.3 is 10.1 Å². The van der Waals surface area contributed by atoms with Crippen LogP contribution in [0.3, 0.4) is 0 Å². The first-order chi connectivity index (χ1) is 13.5. The molecule has 2 aromatic rings. The van der Waals surface area contributed by atoms with Crippen LogP contribution in [-0.2, 0) is 16.0 Å². The molecule has 144 valence electrons. The van der Waals surface area contributed by atoms with E-state index in [1.54, 1.807) is 12.1 Å². The van der Waals surface area contributed by atoms with Gasteiger partial charge in [0.15, 0.2) is 0 Å². The van der Waals surface area contributed by atoms with Gasteiger partial charge in [0.05, 0.1) is 24.8 Å². The van der Waals surface area contributed by atoms with Gasteiger partial charge in [-0.05, 0) is 35.7 Å². The van der Waals surface area contributed by atoms with Crippen LogP contribution in [0.1, 0.15) is 18.9 Å². The van der Waals surface area contributed by atoms with Crippen LogP contribution in [0.5, 0.6) is 0 Å². The van der Waals surface area contributed by atoms with Gasteiger partial charge in [-0.25, -0.2) is 9.18 Å². The molecule has 0 bridgehead atoms. The summed E-state index contributed by atoms with van der Waals surface area (Å²) < 4.78 is 19.9. The Labute approximate surface area is 162 Å². The molecule has 1 atom stereocenters. The number of nitriles is 1. The number of ether oxygens (including phenoxy) is 1. The molecule has 1 N–H and O–H groups in total. The van der Waals surface area contributed by atoms with Crippen LogP contribution >= 0.6 is 0 Å². The van der Waals surface area contributed by atoms with Crippen molar-refractivity contribution in [1.82, 2.24) is 5.32 Å². The highest BCUT2D eigenvalue weighted by atomic mass is 19.1. The molecular formula is C21H20FN3O3. The van der Waals surface area contributed by atoms with E-state index in [2.05, 4.69) is 11.4 Å². The van der Waals surface area contributed by atoms with Crippen LogP contribution in [0.25, 0.3) is 11.1 Å². The standard InChI is InChI=1S/C21H20FN3O3/c1-14(26)24-12-18-13-25(21(27)28-18)17-8-9-19(20(22)11-17)16-6-4-15(5-7-16)3-2-10-23/h4-9,11,18H,2-3,12-13H2,1H3,(H,24,26). The van der Waals surface area contributed by atoms with Crippen LogP contribution in [-0.4, -0.2) is 31.2 Å². The number of hydrogen-bond donors (Lipinski definition) is 1. The lowest BCUT2D eigenvalue weighted by Crippen LogP contribution is -2.33. The van der Waals surface area contributed by atoms with Crippen LogP contribution in [0.4, 0.5) is 14.9 Å². The minimum absolute atomic E-state index is 0.205. The van der Waals surface area contributed by atoms with Gasteiger partial charge in [0.2, 0.25) is 5.91 Å². The number of aryl methyl sites for hydroxylation is 1. The van der Waals surface area contributed by atoms with Crippen molar-refractivity contribution in [2.45, 2.75) is 25.9 Å². The Kier molecular flexibility index (Phi) is 5.90. The minimum Gasteiger partial charge on any atom is -0.442 e. The van der Waals surface area contributed by atoms with Crippen molar-refractivity contribution in [2.24, 2.45) is 0 Å². The third-order valence-electron chi connectivity index (χ3n) is 4.51. The van der Waals surface area contributed by atoms with E-state index in [4.69, 9.17) is 10.00 Å². The van der Waals surface area contributed by atoms with Gasteiger partial charge in [-0.1, -0.05) is 24.3 Å². The van der Waals surface area contributed by atoms with Gasteiger partial charge in [-0.2, -0.15) is 5.26 Å². The minimum atomic E-state index is -0.565. The zero-order valence-electron chi connectivity index (χ0n) is 15.4. The topological polar surface area (TPSA) is 82.4 Å². The fraction of sp³-hybridized carbons (Fsp3) is 0.286. The molecule has 0 radical (unpaired) electrons. The number of cyclic esters (lactones) is 1. The molecule has 0 spiro atoms. The average Bonchev–Trinajstić information content (AvgIpc) is 3.06. The molecule has 0 aromatic heterocycles. The first-order valence-corrected chi connectivity index (χ1v) is 8.96. The quantitative estimate of drug-likeness (QED) is 0.831. The number of carbonyl (C=O) groups excluding carboxylic acids is 2. The summed E-state index contributed by atoms with van der Waals surface area (Å²) in [5, 5.41) is 11.3. The van der Waals surface area contributed by atoms with Crippen molar-refractivity contribution in [2.75, 3.05) is 18.0 Å². The van der Waals surface area contributed by atoms with Gasteiger partial charge in [0, 0.05) is 18.9 Å². The molecule has 0 saturated carbocycles. The summed E-state index contributed by atoms with van der Waals surface area (Å²) in [6, 6.07) is 14.1. The Morgan fingerprint density at radius 1 is 1.32 bits per heavy atom. The number of nitrogens with zero attached hydrogens (tertiary/aromatic N) is 2. The number of nitrogens with one attached hydrogen (secondary N) is 1. The summed E-state index contributed by atoms with van der Waals surface area (Å²) in [6.45, 7) is 1.85. The fourth-order valence-electron chi connectivity index (χ4n) is 3.05. The van der Waals surface area contributed by atoms with Gasteiger partial charge in [-0.3, -0.25) is 9.69 Å². The maximum absolute atomic E-state index is 14.7. The molecule has 7 heteroatoms. The summed E-state index contributed by atoms with van der Waals surface area (Å²) >= 11 is 0. The third-order valence-corrected chi connectivity index (χ3v) is 4.51. The Morgan fingerprint density at radius 2 is 2.07 bits per heavy atom. The second kappa shape index (κ2) is 8.53. The predicted molar refractivity (Wildman–Crippen MR) is 102 cm³/mol. The van der Waals surface area contributed by atoms with Crippen molar-refractivity contribution < 1.29 is 18.7 Å². The number of halogens is 1. The van der Waals surface area contributed by atoms with Crippen LogP contribution in [0.2, 0.25) is 0 Å². The number of amides is 2. The Bertz CT molecular complexity index is 921. The molecule has 28 heavy (non-hydrogen) atoms. The molecule has 1 heterocycles. The Hall–Kier alpha value is -3.40. The SMILES string of the molecule is CC(=O)NCC1CN(c2ccc(-c3ccc(CCC#N)cc3)c(F)c2)C(=O)O1. The summed E-state index contributed by atoms with van der Waals surface area (Å²) in [7, 11) is 0. The zero-order valence-corrected chi connectivity index (χ0v) is 15.4.